The molecule has 0 aromatic carbocycles. The summed E-state index contributed by atoms with van der Waals surface area (Å²) in [5, 5.41) is 16.7. The van der Waals surface area contributed by atoms with Crippen molar-refractivity contribution in [2.24, 2.45) is 0 Å². The normalized spacial score (nSPS) is 26.0. The molecular formula is C13H21N3O5. The molecule has 0 spiro atoms. The van der Waals surface area contributed by atoms with Gasteiger partial charge in [0.25, 0.3) is 0 Å². The molecule has 8 nitrogen and oxygen atoms in total. The number of nitrogens with one attached hydrogen (secondary N) is 3. The summed E-state index contributed by atoms with van der Waals surface area (Å²) in [6, 6.07) is -0.817. The number of aliphatic carboxylic acids is 1. The first-order valence-electron chi connectivity index (χ1n) is 7.18. The predicted octanol–water partition coefficient (Wildman–Crippen LogP) is -0.415. The third kappa shape index (κ3) is 4.89. The van der Waals surface area contributed by atoms with Gasteiger partial charge in [-0.25, -0.2) is 9.59 Å². The zero-order valence-corrected chi connectivity index (χ0v) is 11.9. The van der Waals surface area contributed by atoms with Gasteiger partial charge >= 0.3 is 12.0 Å². The van der Waals surface area contributed by atoms with Crippen molar-refractivity contribution in [1.82, 2.24) is 16.0 Å². The standard InChI is InChI=1S/C13H21N3O5/c1-7(11(17)16-8-2-3-8)15-13(20)14-6-9-4-5-10(21-9)12(18)19/h7-10H,2-6H2,1H3,(H,16,17)(H,18,19)(H2,14,15,20). The van der Waals surface area contributed by atoms with Gasteiger partial charge in [-0.2, -0.15) is 0 Å². The molecule has 0 aromatic rings. The minimum absolute atomic E-state index is 0.198. The van der Waals surface area contributed by atoms with E-state index in [0.29, 0.717) is 12.8 Å². The van der Waals surface area contributed by atoms with E-state index < -0.39 is 24.1 Å². The van der Waals surface area contributed by atoms with Gasteiger partial charge in [0.1, 0.15) is 6.04 Å². The van der Waals surface area contributed by atoms with E-state index in [-0.39, 0.29) is 24.6 Å². The number of carbonyl (C=O) groups is 3. The van der Waals surface area contributed by atoms with Crippen LogP contribution in [0.5, 0.6) is 0 Å². The van der Waals surface area contributed by atoms with Crippen LogP contribution in [0.3, 0.4) is 0 Å². The van der Waals surface area contributed by atoms with Gasteiger partial charge in [0, 0.05) is 12.6 Å². The van der Waals surface area contributed by atoms with Crippen LogP contribution >= 0.6 is 0 Å². The SMILES string of the molecule is CC(NC(=O)NCC1CCC(C(=O)O)O1)C(=O)NC1CC1. The molecule has 3 unspecified atom stereocenters. The van der Waals surface area contributed by atoms with E-state index in [1.54, 1.807) is 6.92 Å². The molecule has 1 saturated heterocycles. The summed E-state index contributed by atoms with van der Waals surface area (Å²) in [4.78, 5) is 34.1. The number of carbonyl (C=O) groups excluding carboxylic acids is 2. The van der Waals surface area contributed by atoms with Crippen LogP contribution in [0.1, 0.15) is 32.6 Å². The fourth-order valence-corrected chi connectivity index (χ4v) is 2.11. The Morgan fingerprint density at radius 1 is 1.24 bits per heavy atom. The fraction of sp³-hybridized carbons (Fsp3) is 0.769. The Morgan fingerprint density at radius 2 is 1.95 bits per heavy atom. The van der Waals surface area contributed by atoms with Gasteiger partial charge in [0.15, 0.2) is 6.10 Å². The molecule has 118 valence electrons. The average Bonchev–Trinajstić information content (AvgIpc) is 3.10. The highest BCUT2D eigenvalue weighted by molar-refractivity contribution is 5.87. The van der Waals surface area contributed by atoms with Crippen molar-refractivity contribution in [2.45, 2.75) is 56.9 Å². The molecule has 0 radical (unpaired) electrons. The van der Waals surface area contributed by atoms with Gasteiger partial charge in [-0.3, -0.25) is 4.79 Å². The molecule has 2 rings (SSSR count). The maximum absolute atomic E-state index is 11.7. The molecule has 2 aliphatic rings. The van der Waals surface area contributed by atoms with Gasteiger partial charge in [0.2, 0.25) is 5.91 Å². The lowest BCUT2D eigenvalue weighted by Gasteiger charge is -2.16. The molecule has 0 bridgehead atoms. The monoisotopic (exact) mass is 299 g/mol. The maximum Gasteiger partial charge on any atom is 0.332 e. The lowest BCUT2D eigenvalue weighted by Crippen LogP contribution is -2.50. The molecule has 4 N–H and O–H groups in total. The molecule has 3 amide bonds. The summed E-state index contributed by atoms with van der Waals surface area (Å²) in [5.74, 6) is -1.18. The van der Waals surface area contributed by atoms with Gasteiger partial charge in [0.05, 0.1) is 6.10 Å². The molecule has 1 heterocycles. The van der Waals surface area contributed by atoms with Gasteiger partial charge in [-0.1, -0.05) is 0 Å². The van der Waals surface area contributed by atoms with Crippen molar-refractivity contribution < 1.29 is 24.2 Å². The van der Waals surface area contributed by atoms with Crippen molar-refractivity contribution in [3.63, 3.8) is 0 Å². The minimum Gasteiger partial charge on any atom is -0.479 e. The average molecular weight is 299 g/mol. The highest BCUT2D eigenvalue weighted by Gasteiger charge is 2.31. The summed E-state index contributed by atoms with van der Waals surface area (Å²) < 4.78 is 5.27. The third-order valence-corrected chi connectivity index (χ3v) is 3.54. The van der Waals surface area contributed by atoms with Gasteiger partial charge in [-0.05, 0) is 32.6 Å². The summed E-state index contributed by atoms with van der Waals surface area (Å²) in [7, 11) is 0. The second-order valence-electron chi connectivity index (χ2n) is 5.52. The quantitative estimate of drug-likeness (QED) is 0.532. The molecule has 0 aromatic heterocycles. The number of carboxylic acid groups (broad SMARTS) is 1. The second-order valence-corrected chi connectivity index (χ2v) is 5.52. The molecule has 1 aliphatic heterocycles. The first-order valence-corrected chi connectivity index (χ1v) is 7.18. The summed E-state index contributed by atoms with van der Waals surface area (Å²) in [6.45, 7) is 1.84. The Labute approximate surface area is 122 Å². The van der Waals surface area contributed by atoms with Crippen LogP contribution < -0.4 is 16.0 Å². The maximum atomic E-state index is 11.7. The smallest absolute Gasteiger partial charge is 0.332 e. The number of hydrogen-bond acceptors (Lipinski definition) is 4. The van der Waals surface area contributed by atoms with E-state index in [0.717, 1.165) is 12.8 Å². The molecule has 1 saturated carbocycles. The van der Waals surface area contributed by atoms with Crippen LogP contribution in [0.25, 0.3) is 0 Å². The minimum atomic E-state index is -0.979. The molecule has 8 heteroatoms. The molecule has 2 fully saturated rings. The lowest BCUT2D eigenvalue weighted by molar-refractivity contribution is -0.149. The van der Waals surface area contributed by atoms with E-state index in [4.69, 9.17) is 9.84 Å². The van der Waals surface area contributed by atoms with E-state index in [1.807, 2.05) is 0 Å². The van der Waals surface area contributed by atoms with Crippen LogP contribution in [0.2, 0.25) is 0 Å². The van der Waals surface area contributed by atoms with E-state index in [2.05, 4.69) is 16.0 Å². The summed E-state index contributed by atoms with van der Waals surface area (Å²) in [6.07, 6.45) is 1.94. The molecule has 3 atom stereocenters. The first kappa shape index (κ1) is 15.6. The molecule has 1 aliphatic carbocycles. The van der Waals surface area contributed by atoms with Crippen molar-refractivity contribution >= 4 is 17.9 Å². The predicted molar refractivity (Wildman–Crippen MR) is 72.7 cm³/mol. The third-order valence-electron chi connectivity index (χ3n) is 3.54. The number of urea groups is 1. The highest BCUT2D eigenvalue weighted by atomic mass is 16.5. The Bertz CT molecular complexity index is 424. The largest absolute Gasteiger partial charge is 0.479 e. The second kappa shape index (κ2) is 6.75. The van der Waals surface area contributed by atoms with Crippen molar-refractivity contribution in [1.29, 1.82) is 0 Å². The van der Waals surface area contributed by atoms with Crippen molar-refractivity contribution in [3.8, 4) is 0 Å². The highest BCUT2D eigenvalue weighted by Crippen LogP contribution is 2.19. The number of amides is 3. The zero-order valence-electron chi connectivity index (χ0n) is 11.9. The van der Waals surface area contributed by atoms with Crippen LogP contribution in [-0.4, -0.2) is 53.9 Å². The van der Waals surface area contributed by atoms with Crippen LogP contribution in [0.15, 0.2) is 0 Å². The van der Waals surface area contributed by atoms with E-state index >= 15 is 0 Å². The Kier molecular flexibility index (Phi) is 5.00. The first-order chi connectivity index (χ1) is 9.95. The van der Waals surface area contributed by atoms with Crippen LogP contribution in [-0.2, 0) is 14.3 Å². The number of rotatable bonds is 6. The Morgan fingerprint density at radius 3 is 2.52 bits per heavy atom. The Hall–Kier alpha value is -1.83. The van der Waals surface area contributed by atoms with E-state index in [9.17, 15) is 14.4 Å². The van der Waals surface area contributed by atoms with Gasteiger partial charge in [-0.15, -0.1) is 0 Å². The van der Waals surface area contributed by atoms with Gasteiger partial charge < -0.3 is 25.8 Å². The fourth-order valence-electron chi connectivity index (χ4n) is 2.11. The van der Waals surface area contributed by atoms with Crippen LogP contribution in [0, 0.1) is 0 Å². The van der Waals surface area contributed by atoms with Crippen LogP contribution in [0.4, 0.5) is 4.79 Å². The van der Waals surface area contributed by atoms with Crippen molar-refractivity contribution in [3.05, 3.63) is 0 Å². The lowest BCUT2D eigenvalue weighted by atomic mass is 10.2. The molecule has 21 heavy (non-hydrogen) atoms. The summed E-state index contributed by atoms with van der Waals surface area (Å²) >= 11 is 0. The topological polar surface area (TPSA) is 117 Å². The molecular weight excluding hydrogens is 278 g/mol. The number of carboxylic acids is 1. The summed E-state index contributed by atoms with van der Waals surface area (Å²) in [5.41, 5.74) is 0. The Balaban J connectivity index is 1.63. The van der Waals surface area contributed by atoms with Crippen molar-refractivity contribution in [2.75, 3.05) is 6.54 Å². The number of ether oxygens (including phenoxy) is 1. The zero-order chi connectivity index (χ0) is 15.4. The number of hydrogen-bond donors (Lipinski definition) is 4. The van der Waals surface area contributed by atoms with E-state index in [1.165, 1.54) is 0 Å².